The predicted octanol–water partition coefficient (Wildman–Crippen LogP) is 4.69. The number of benzene rings is 2. The van der Waals surface area contributed by atoms with Crippen molar-refractivity contribution in [1.82, 2.24) is 10.3 Å². The number of hydrogen-bond acceptors (Lipinski definition) is 6. The molecule has 2 amide bonds. The smallest absolute Gasteiger partial charge is 0.287 e. The summed E-state index contributed by atoms with van der Waals surface area (Å²) in [6, 6.07) is 14.4. The van der Waals surface area contributed by atoms with Crippen LogP contribution < -0.4 is 5.32 Å². The summed E-state index contributed by atoms with van der Waals surface area (Å²) in [5, 5.41) is 2.87. The summed E-state index contributed by atoms with van der Waals surface area (Å²) in [6.45, 7) is 0. The van der Waals surface area contributed by atoms with Crippen molar-refractivity contribution in [3.05, 3.63) is 59.1 Å². The second-order valence-electron chi connectivity index (χ2n) is 5.63. The molecule has 1 saturated heterocycles. The second kappa shape index (κ2) is 7.31. The van der Waals surface area contributed by atoms with Gasteiger partial charge in [-0.25, -0.2) is 4.98 Å². The highest BCUT2D eigenvalue weighted by Gasteiger charge is 2.49. The molecule has 1 aliphatic rings. The van der Waals surface area contributed by atoms with E-state index in [1.54, 1.807) is 30.3 Å². The highest BCUT2D eigenvalue weighted by Crippen LogP contribution is 2.48. The normalized spacial score (nSPS) is 19.0. The molecule has 1 unspecified atom stereocenters. The van der Waals surface area contributed by atoms with Gasteiger partial charge in [-0.2, -0.15) is 0 Å². The topological polar surface area (TPSA) is 72.2 Å². The molecule has 1 fully saturated rings. The SMILES string of the molecule is O=C1NC(=O)C(CC#Cc2ccc(Cl)cc2)(Sc2nc3ccccc3o2)S1. The van der Waals surface area contributed by atoms with Gasteiger partial charge in [0.25, 0.3) is 16.4 Å². The van der Waals surface area contributed by atoms with Crippen LogP contribution >= 0.6 is 35.1 Å². The lowest BCUT2D eigenvalue weighted by Gasteiger charge is -2.18. The van der Waals surface area contributed by atoms with E-state index in [1.807, 2.05) is 18.2 Å². The first-order valence-electron chi connectivity index (χ1n) is 7.88. The lowest BCUT2D eigenvalue weighted by molar-refractivity contribution is -0.119. The van der Waals surface area contributed by atoms with Crippen LogP contribution in [-0.2, 0) is 4.79 Å². The van der Waals surface area contributed by atoms with Gasteiger partial charge in [-0.15, -0.1) is 0 Å². The number of para-hydroxylation sites is 2. The van der Waals surface area contributed by atoms with Crippen molar-refractivity contribution >= 4 is 57.4 Å². The minimum Gasteiger partial charge on any atom is -0.431 e. The van der Waals surface area contributed by atoms with Crippen molar-refractivity contribution in [2.45, 2.75) is 15.7 Å². The van der Waals surface area contributed by atoms with Crippen LogP contribution in [0, 0.1) is 11.8 Å². The summed E-state index contributed by atoms with van der Waals surface area (Å²) in [5.41, 5.74) is 2.09. The number of thioether (sulfide) groups is 2. The van der Waals surface area contributed by atoms with E-state index in [0.29, 0.717) is 21.3 Å². The molecular formula is C19H11ClN2O3S2. The number of carbonyl (C=O) groups excluding carboxylic acids is 2. The van der Waals surface area contributed by atoms with Crippen LogP contribution in [0.3, 0.4) is 0 Å². The zero-order valence-electron chi connectivity index (χ0n) is 13.7. The van der Waals surface area contributed by atoms with Gasteiger partial charge in [-0.1, -0.05) is 35.6 Å². The van der Waals surface area contributed by atoms with E-state index in [1.165, 1.54) is 0 Å². The number of rotatable bonds is 3. The Bertz CT molecular complexity index is 1070. The standard InChI is InChI=1S/C19H11ClN2O3S2/c20-13-9-7-12(8-10-13)4-3-11-19(16(23)22-17(24)26-19)27-18-21-14-5-1-2-6-15(14)25-18/h1-2,5-10H,11H2,(H,22,23,24). The van der Waals surface area contributed by atoms with Gasteiger partial charge in [-0.3, -0.25) is 14.9 Å². The van der Waals surface area contributed by atoms with E-state index in [2.05, 4.69) is 22.1 Å². The van der Waals surface area contributed by atoms with E-state index in [0.717, 1.165) is 29.1 Å². The highest BCUT2D eigenvalue weighted by atomic mass is 35.5. The Morgan fingerprint density at radius 3 is 2.67 bits per heavy atom. The molecule has 2 aromatic carbocycles. The maximum Gasteiger partial charge on any atom is 0.287 e. The zero-order chi connectivity index (χ0) is 18.9. The maximum atomic E-state index is 12.5. The van der Waals surface area contributed by atoms with Crippen LogP contribution in [0.1, 0.15) is 12.0 Å². The maximum absolute atomic E-state index is 12.5. The lowest BCUT2D eigenvalue weighted by Crippen LogP contribution is -2.33. The molecule has 134 valence electrons. The summed E-state index contributed by atoms with van der Waals surface area (Å²) in [6.07, 6.45) is 0.154. The van der Waals surface area contributed by atoms with Crippen molar-refractivity contribution < 1.29 is 14.0 Å². The van der Waals surface area contributed by atoms with Crippen LogP contribution in [-0.4, -0.2) is 20.2 Å². The summed E-state index contributed by atoms with van der Waals surface area (Å²) >= 11 is 7.87. The molecule has 0 bridgehead atoms. The Morgan fingerprint density at radius 2 is 1.96 bits per heavy atom. The quantitative estimate of drug-likeness (QED) is 0.626. The van der Waals surface area contributed by atoms with Gasteiger partial charge in [0.05, 0.1) is 0 Å². The average Bonchev–Trinajstić information content (AvgIpc) is 3.16. The van der Waals surface area contributed by atoms with Gasteiger partial charge in [0.1, 0.15) is 5.52 Å². The highest BCUT2D eigenvalue weighted by molar-refractivity contribution is 8.27. The molecule has 1 aromatic heterocycles. The Labute approximate surface area is 168 Å². The number of amides is 2. The zero-order valence-corrected chi connectivity index (χ0v) is 16.1. The summed E-state index contributed by atoms with van der Waals surface area (Å²) in [7, 11) is 0. The van der Waals surface area contributed by atoms with Crippen molar-refractivity contribution in [1.29, 1.82) is 0 Å². The van der Waals surface area contributed by atoms with E-state index < -0.39 is 15.2 Å². The molecule has 0 saturated carbocycles. The van der Waals surface area contributed by atoms with E-state index in [-0.39, 0.29) is 6.42 Å². The molecule has 8 heteroatoms. The number of nitrogens with zero attached hydrogens (tertiary/aromatic N) is 1. The summed E-state index contributed by atoms with van der Waals surface area (Å²) < 4.78 is 4.56. The third-order valence-corrected chi connectivity index (χ3v) is 6.45. The van der Waals surface area contributed by atoms with Crippen molar-refractivity contribution in [2.75, 3.05) is 0 Å². The van der Waals surface area contributed by atoms with Crippen molar-refractivity contribution in [3.63, 3.8) is 0 Å². The first kappa shape index (κ1) is 18.0. The fraction of sp³-hybridized carbons (Fsp3) is 0.105. The van der Waals surface area contributed by atoms with Crippen molar-refractivity contribution in [2.24, 2.45) is 0 Å². The van der Waals surface area contributed by atoms with E-state index >= 15 is 0 Å². The number of hydrogen-bond donors (Lipinski definition) is 1. The fourth-order valence-corrected chi connectivity index (χ4v) is 4.77. The minimum atomic E-state index is -1.14. The molecule has 5 nitrogen and oxygen atoms in total. The molecule has 0 aliphatic carbocycles. The number of imide groups is 1. The first-order valence-corrected chi connectivity index (χ1v) is 9.89. The molecule has 1 N–H and O–H groups in total. The number of carbonyl (C=O) groups is 2. The predicted molar refractivity (Wildman–Crippen MR) is 107 cm³/mol. The molecular weight excluding hydrogens is 404 g/mol. The molecule has 27 heavy (non-hydrogen) atoms. The number of fused-ring (bicyclic) bond motifs is 1. The molecule has 4 rings (SSSR count). The first-order chi connectivity index (χ1) is 13.0. The largest absolute Gasteiger partial charge is 0.431 e. The van der Waals surface area contributed by atoms with Crippen LogP contribution in [0.2, 0.25) is 5.02 Å². The van der Waals surface area contributed by atoms with Crippen LogP contribution in [0.5, 0.6) is 0 Å². The van der Waals surface area contributed by atoms with Gasteiger partial charge in [0.15, 0.2) is 9.66 Å². The van der Waals surface area contributed by atoms with Crippen LogP contribution in [0.4, 0.5) is 4.79 Å². The summed E-state index contributed by atoms with van der Waals surface area (Å²) in [4.78, 5) is 28.7. The molecule has 1 atom stereocenters. The molecule has 0 radical (unpaired) electrons. The van der Waals surface area contributed by atoms with Crippen molar-refractivity contribution in [3.8, 4) is 11.8 Å². The summed E-state index contributed by atoms with van der Waals surface area (Å²) in [5.74, 6) is 5.58. The van der Waals surface area contributed by atoms with Gasteiger partial charge in [-0.05, 0) is 59.9 Å². The monoisotopic (exact) mass is 414 g/mol. The Morgan fingerprint density at radius 1 is 1.19 bits per heavy atom. The Balaban J connectivity index is 1.61. The van der Waals surface area contributed by atoms with Gasteiger partial charge in [0, 0.05) is 17.0 Å². The van der Waals surface area contributed by atoms with Gasteiger partial charge >= 0.3 is 0 Å². The number of aromatic nitrogens is 1. The Kier molecular flexibility index (Phi) is 4.87. The number of nitrogens with one attached hydrogen (secondary N) is 1. The number of oxazole rings is 1. The Hall–Kier alpha value is -2.40. The minimum absolute atomic E-state index is 0.154. The van der Waals surface area contributed by atoms with Gasteiger partial charge < -0.3 is 4.42 Å². The lowest BCUT2D eigenvalue weighted by atomic mass is 10.2. The third-order valence-electron chi connectivity index (χ3n) is 3.74. The van der Waals surface area contributed by atoms with E-state index in [9.17, 15) is 9.59 Å². The van der Waals surface area contributed by atoms with Crippen LogP contribution in [0.15, 0.2) is 58.2 Å². The fourth-order valence-electron chi connectivity index (χ4n) is 2.46. The molecule has 3 aromatic rings. The molecule has 0 spiro atoms. The average molecular weight is 415 g/mol. The second-order valence-corrected chi connectivity index (χ2v) is 8.85. The van der Waals surface area contributed by atoms with E-state index in [4.69, 9.17) is 16.0 Å². The van der Waals surface area contributed by atoms with Gasteiger partial charge in [0.2, 0.25) is 0 Å². The van der Waals surface area contributed by atoms with Crippen LogP contribution in [0.25, 0.3) is 11.1 Å². The molecule has 1 aliphatic heterocycles. The number of halogens is 1. The molecule has 2 heterocycles. The third kappa shape index (κ3) is 3.83.